The molecule has 1 aromatic carbocycles. The van der Waals surface area contributed by atoms with E-state index < -0.39 is 11.3 Å². The summed E-state index contributed by atoms with van der Waals surface area (Å²) < 4.78 is 0. The van der Waals surface area contributed by atoms with Gasteiger partial charge in [0.15, 0.2) is 0 Å². The van der Waals surface area contributed by atoms with Crippen LogP contribution in [0.5, 0.6) is 0 Å². The van der Waals surface area contributed by atoms with Gasteiger partial charge in [0.2, 0.25) is 11.8 Å². The average molecular weight is 273 g/mol. The van der Waals surface area contributed by atoms with Crippen molar-refractivity contribution in [2.24, 2.45) is 5.73 Å². The fraction of sp³-hybridized carbons (Fsp3) is 0.273. The normalized spacial score (nSPS) is 11.9. The van der Waals surface area contributed by atoms with Crippen molar-refractivity contribution in [1.29, 1.82) is 0 Å². The average Bonchev–Trinajstić information content (AvgIpc) is 2.27. The summed E-state index contributed by atoms with van der Waals surface area (Å²) in [6, 6.07) is 7.18. The second kappa shape index (κ2) is 6.51. The summed E-state index contributed by atoms with van der Waals surface area (Å²) in [4.78, 5) is 23.0. The molecule has 0 aliphatic carbocycles. The van der Waals surface area contributed by atoms with Gasteiger partial charge in [0.25, 0.3) is 0 Å². The molecule has 1 atom stereocenters. The molecule has 0 aliphatic rings. The largest absolute Gasteiger partial charge is 0.369 e. The molecule has 0 aromatic heterocycles. The molecule has 1 aromatic rings. The Morgan fingerprint density at radius 1 is 1.47 bits per heavy atom. The Kier molecular flexibility index (Phi) is 5.31. The number of para-hydroxylation sites is 1. The van der Waals surface area contributed by atoms with Crippen molar-refractivity contribution in [2.45, 2.75) is 17.2 Å². The van der Waals surface area contributed by atoms with Crippen molar-refractivity contribution in [1.82, 2.24) is 0 Å². The minimum absolute atomic E-state index is 0.170. The lowest BCUT2D eigenvalue weighted by molar-refractivity contribution is -0.116. The van der Waals surface area contributed by atoms with Gasteiger partial charge in [-0.1, -0.05) is 12.1 Å². The molecule has 3 N–H and O–H groups in total. The van der Waals surface area contributed by atoms with Gasteiger partial charge < -0.3 is 11.1 Å². The highest BCUT2D eigenvalue weighted by molar-refractivity contribution is 8.00. The zero-order chi connectivity index (χ0) is 12.8. The van der Waals surface area contributed by atoms with Crippen LogP contribution in [0.1, 0.15) is 6.92 Å². The van der Waals surface area contributed by atoms with Crippen LogP contribution in [0.3, 0.4) is 0 Å². The molecule has 0 bridgehead atoms. The van der Waals surface area contributed by atoms with Gasteiger partial charge in [-0.2, -0.15) is 0 Å². The number of amides is 2. The minimum atomic E-state index is -0.607. The Hall–Kier alpha value is -1.20. The van der Waals surface area contributed by atoms with E-state index >= 15 is 0 Å². The molecule has 0 saturated heterocycles. The number of hydrogen-bond donors (Lipinski definition) is 2. The van der Waals surface area contributed by atoms with Gasteiger partial charge in [0.05, 0.1) is 11.4 Å². The van der Waals surface area contributed by atoms with Crippen molar-refractivity contribution in [3.8, 4) is 0 Å². The van der Waals surface area contributed by atoms with Crippen molar-refractivity contribution < 1.29 is 9.59 Å². The summed E-state index contributed by atoms with van der Waals surface area (Å²) >= 11 is 6.94. The molecule has 1 unspecified atom stereocenters. The van der Waals surface area contributed by atoms with Crippen molar-refractivity contribution in [3.63, 3.8) is 0 Å². The monoisotopic (exact) mass is 272 g/mol. The number of carbonyl (C=O) groups is 2. The first-order valence-electron chi connectivity index (χ1n) is 4.95. The fourth-order valence-electron chi connectivity index (χ4n) is 1.08. The third-order valence-electron chi connectivity index (χ3n) is 1.88. The number of halogens is 1. The molecule has 0 saturated carbocycles. The zero-order valence-electron chi connectivity index (χ0n) is 9.27. The van der Waals surface area contributed by atoms with E-state index in [-0.39, 0.29) is 11.7 Å². The topological polar surface area (TPSA) is 72.2 Å². The summed E-state index contributed by atoms with van der Waals surface area (Å²) in [7, 11) is 0. The Balaban J connectivity index is 2.77. The van der Waals surface area contributed by atoms with E-state index in [1.807, 2.05) is 12.1 Å². The number of hydrogen-bond acceptors (Lipinski definition) is 3. The predicted molar refractivity (Wildman–Crippen MR) is 70.3 cm³/mol. The van der Waals surface area contributed by atoms with E-state index in [0.717, 1.165) is 4.90 Å². The molecule has 0 aliphatic heterocycles. The third kappa shape index (κ3) is 4.66. The SMILES string of the molecule is CC(Cl)C(=O)Nc1ccccc1SCC(N)=O. The van der Waals surface area contributed by atoms with Crippen LogP contribution in [0.2, 0.25) is 0 Å². The molecule has 4 nitrogen and oxygen atoms in total. The summed E-state index contributed by atoms with van der Waals surface area (Å²) in [6.45, 7) is 1.59. The highest BCUT2D eigenvalue weighted by Crippen LogP contribution is 2.26. The lowest BCUT2D eigenvalue weighted by atomic mass is 10.3. The summed E-state index contributed by atoms with van der Waals surface area (Å²) in [6.07, 6.45) is 0. The van der Waals surface area contributed by atoms with Crippen LogP contribution in [0, 0.1) is 0 Å². The molecular formula is C11H13ClN2O2S. The minimum Gasteiger partial charge on any atom is -0.369 e. The van der Waals surface area contributed by atoms with E-state index in [2.05, 4.69) is 5.32 Å². The smallest absolute Gasteiger partial charge is 0.242 e. The standard InChI is InChI=1S/C11H13ClN2O2S/c1-7(12)11(16)14-8-4-2-3-5-9(8)17-6-10(13)15/h2-5,7H,6H2,1H3,(H2,13,15)(H,14,16). The van der Waals surface area contributed by atoms with E-state index in [4.69, 9.17) is 17.3 Å². The van der Waals surface area contributed by atoms with Gasteiger partial charge >= 0.3 is 0 Å². The molecule has 0 heterocycles. The predicted octanol–water partition coefficient (Wildman–Crippen LogP) is 1.83. The molecule has 0 spiro atoms. The van der Waals surface area contributed by atoms with E-state index in [1.54, 1.807) is 19.1 Å². The third-order valence-corrected chi connectivity index (χ3v) is 3.17. The molecule has 0 fully saturated rings. The van der Waals surface area contributed by atoms with Crippen LogP contribution in [0.15, 0.2) is 29.2 Å². The number of nitrogens with one attached hydrogen (secondary N) is 1. The quantitative estimate of drug-likeness (QED) is 0.634. The fourth-order valence-corrected chi connectivity index (χ4v) is 1.88. The van der Waals surface area contributed by atoms with Gasteiger partial charge in [0, 0.05) is 4.90 Å². The van der Waals surface area contributed by atoms with Crippen LogP contribution >= 0.6 is 23.4 Å². The highest BCUT2D eigenvalue weighted by Gasteiger charge is 2.11. The molecule has 1 rings (SSSR count). The van der Waals surface area contributed by atoms with Crippen LogP contribution < -0.4 is 11.1 Å². The zero-order valence-corrected chi connectivity index (χ0v) is 10.8. The van der Waals surface area contributed by atoms with E-state index in [9.17, 15) is 9.59 Å². The maximum atomic E-state index is 11.5. The van der Waals surface area contributed by atoms with Crippen molar-refractivity contribution in [3.05, 3.63) is 24.3 Å². The van der Waals surface area contributed by atoms with Crippen LogP contribution in [-0.2, 0) is 9.59 Å². The number of thioether (sulfide) groups is 1. The summed E-state index contributed by atoms with van der Waals surface area (Å²) in [5.41, 5.74) is 5.71. The van der Waals surface area contributed by atoms with Gasteiger partial charge in [-0.25, -0.2) is 0 Å². The van der Waals surface area contributed by atoms with Crippen LogP contribution in [0.25, 0.3) is 0 Å². The number of benzene rings is 1. The maximum Gasteiger partial charge on any atom is 0.242 e. The Labute approximate surface area is 109 Å². The Morgan fingerprint density at radius 2 is 2.12 bits per heavy atom. The number of carbonyl (C=O) groups excluding carboxylic acids is 2. The lowest BCUT2D eigenvalue weighted by Gasteiger charge is -2.10. The van der Waals surface area contributed by atoms with E-state index in [0.29, 0.717) is 5.69 Å². The number of alkyl halides is 1. The Bertz CT molecular complexity index is 424. The molecule has 92 valence electrons. The first-order chi connectivity index (χ1) is 8.00. The second-order valence-electron chi connectivity index (χ2n) is 3.36. The summed E-state index contributed by atoms with van der Waals surface area (Å²) in [5, 5.41) is 2.08. The molecule has 17 heavy (non-hydrogen) atoms. The van der Waals surface area contributed by atoms with Gasteiger partial charge in [-0.05, 0) is 19.1 Å². The molecule has 2 amide bonds. The summed E-state index contributed by atoms with van der Waals surface area (Å²) in [5.74, 6) is -0.510. The van der Waals surface area contributed by atoms with Crippen molar-refractivity contribution in [2.75, 3.05) is 11.1 Å². The number of nitrogens with two attached hydrogens (primary N) is 1. The molecular weight excluding hydrogens is 260 g/mol. The Morgan fingerprint density at radius 3 is 2.71 bits per heavy atom. The number of rotatable bonds is 5. The van der Waals surface area contributed by atoms with Gasteiger partial charge in [-0.3, -0.25) is 9.59 Å². The van der Waals surface area contributed by atoms with Crippen molar-refractivity contribution >= 4 is 40.9 Å². The van der Waals surface area contributed by atoms with Crippen LogP contribution in [0.4, 0.5) is 5.69 Å². The number of anilines is 1. The van der Waals surface area contributed by atoms with Gasteiger partial charge in [-0.15, -0.1) is 23.4 Å². The molecule has 0 radical (unpaired) electrons. The maximum absolute atomic E-state index is 11.5. The number of primary amides is 1. The first kappa shape index (κ1) is 13.9. The second-order valence-corrected chi connectivity index (χ2v) is 5.03. The lowest BCUT2D eigenvalue weighted by Crippen LogP contribution is -2.20. The highest BCUT2D eigenvalue weighted by atomic mass is 35.5. The van der Waals surface area contributed by atoms with Gasteiger partial charge in [0.1, 0.15) is 5.38 Å². The first-order valence-corrected chi connectivity index (χ1v) is 6.38. The molecule has 6 heteroatoms. The van der Waals surface area contributed by atoms with E-state index in [1.165, 1.54) is 11.8 Å². The van der Waals surface area contributed by atoms with Crippen LogP contribution in [-0.4, -0.2) is 22.9 Å².